The molecule has 0 radical (unpaired) electrons. The van der Waals surface area contributed by atoms with E-state index in [1.807, 2.05) is 13.0 Å². The number of carbonyl (C=O) groups excluding carboxylic acids is 1. The van der Waals surface area contributed by atoms with Crippen LogP contribution in [0.15, 0.2) is 16.8 Å². The zero-order chi connectivity index (χ0) is 13.1. The van der Waals surface area contributed by atoms with Crippen LogP contribution in [0, 0.1) is 0 Å². The number of nitrogen functional groups attached to an aromatic ring is 1. The van der Waals surface area contributed by atoms with Gasteiger partial charge in [0.2, 0.25) is 11.5 Å². The van der Waals surface area contributed by atoms with Crippen molar-refractivity contribution >= 4 is 34.7 Å². The highest BCUT2D eigenvalue weighted by atomic mass is 35.5. The van der Waals surface area contributed by atoms with Crippen LogP contribution in [0.5, 0.6) is 0 Å². The van der Waals surface area contributed by atoms with Gasteiger partial charge < -0.3 is 10.6 Å². The van der Waals surface area contributed by atoms with Crippen molar-refractivity contribution in [2.75, 3.05) is 12.3 Å². The van der Waals surface area contributed by atoms with Gasteiger partial charge in [0.15, 0.2) is 0 Å². The first kappa shape index (κ1) is 12.8. The minimum Gasteiger partial charge on any atom is -0.379 e. The number of hydrogen-bond acceptors (Lipinski definition) is 6. The summed E-state index contributed by atoms with van der Waals surface area (Å²) in [5.41, 5.74) is 5.54. The number of anilines is 1. The molecule has 0 atom stereocenters. The highest BCUT2D eigenvalue weighted by Crippen LogP contribution is 2.23. The molecular formula is C10H11ClN4O2S. The Labute approximate surface area is 112 Å². The van der Waals surface area contributed by atoms with Crippen LogP contribution in [0.2, 0.25) is 4.34 Å². The molecule has 0 bridgehead atoms. The molecule has 0 saturated carbocycles. The Morgan fingerprint density at radius 1 is 1.56 bits per heavy atom. The van der Waals surface area contributed by atoms with Crippen molar-refractivity contribution in [3.8, 4) is 0 Å². The molecule has 0 aliphatic heterocycles. The quantitative estimate of drug-likeness (QED) is 0.929. The highest BCUT2D eigenvalue weighted by Gasteiger charge is 2.22. The number of nitrogens with two attached hydrogens (primary N) is 1. The lowest BCUT2D eigenvalue weighted by molar-refractivity contribution is 0.0743. The first-order valence-electron chi connectivity index (χ1n) is 5.23. The van der Waals surface area contributed by atoms with E-state index in [-0.39, 0.29) is 17.4 Å². The van der Waals surface area contributed by atoms with Crippen LogP contribution in [-0.4, -0.2) is 27.7 Å². The summed E-state index contributed by atoms with van der Waals surface area (Å²) in [4.78, 5) is 14.7. The number of nitrogens with zero attached hydrogens (tertiary/aromatic N) is 3. The molecule has 0 spiro atoms. The first-order chi connectivity index (χ1) is 8.61. The van der Waals surface area contributed by atoms with Gasteiger partial charge in [-0.1, -0.05) is 11.6 Å². The van der Waals surface area contributed by atoms with E-state index in [9.17, 15) is 4.79 Å². The summed E-state index contributed by atoms with van der Waals surface area (Å²) in [7, 11) is 0. The number of hydrogen-bond donors (Lipinski definition) is 1. The molecule has 2 heterocycles. The third-order valence-electron chi connectivity index (χ3n) is 2.36. The molecule has 8 heteroatoms. The predicted molar refractivity (Wildman–Crippen MR) is 68.5 cm³/mol. The van der Waals surface area contributed by atoms with Crippen LogP contribution in [0.1, 0.15) is 22.3 Å². The van der Waals surface area contributed by atoms with Crippen LogP contribution >= 0.6 is 22.9 Å². The molecule has 2 aromatic rings. The van der Waals surface area contributed by atoms with Crippen LogP contribution in [-0.2, 0) is 6.54 Å². The Morgan fingerprint density at radius 2 is 2.33 bits per heavy atom. The second-order valence-corrected chi connectivity index (χ2v) is 5.32. The van der Waals surface area contributed by atoms with Gasteiger partial charge in [0.1, 0.15) is 0 Å². The number of rotatable bonds is 4. The van der Waals surface area contributed by atoms with E-state index in [0.29, 0.717) is 17.4 Å². The van der Waals surface area contributed by atoms with E-state index >= 15 is 0 Å². The predicted octanol–water partition coefficient (Wildman–Crippen LogP) is 2.03. The van der Waals surface area contributed by atoms with Gasteiger partial charge in [-0.05, 0) is 29.4 Å². The maximum absolute atomic E-state index is 12.1. The Bertz CT molecular complexity index is 554. The van der Waals surface area contributed by atoms with E-state index in [0.717, 1.165) is 4.88 Å². The van der Waals surface area contributed by atoms with Crippen LogP contribution < -0.4 is 5.73 Å². The number of carbonyl (C=O) groups is 1. The number of aromatic nitrogens is 2. The molecule has 1 amide bonds. The van der Waals surface area contributed by atoms with E-state index in [4.69, 9.17) is 17.3 Å². The topological polar surface area (TPSA) is 85.2 Å². The average Bonchev–Trinajstić information content (AvgIpc) is 2.94. The first-order valence-corrected chi connectivity index (χ1v) is 6.42. The lowest BCUT2D eigenvalue weighted by Gasteiger charge is -2.18. The fourth-order valence-corrected chi connectivity index (χ4v) is 2.55. The van der Waals surface area contributed by atoms with Crippen molar-refractivity contribution in [1.29, 1.82) is 0 Å². The molecule has 2 aromatic heterocycles. The summed E-state index contributed by atoms with van der Waals surface area (Å²) in [6.45, 7) is 2.86. The van der Waals surface area contributed by atoms with Crippen LogP contribution in [0.25, 0.3) is 0 Å². The largest absolute Gasteiger partial charge is 0.379 e. The molecule has 0 aliphatic rings. The third-order valence-corrected chi connectivity index (χ3v) is 3.58. The van der Waals surface area contributed by atoms with Gasteiger partial charge in [0.05, 0.1) is 10.9 Å². The van der Waals surface area contributed by atoms with Crippen molar-refractivity contribution in [2.45, 2.75) is 13.5 Å². The van der Waals surface area contributed by atoms with Crippen LogP contribution in [0.4, 0.5) is 5.82 Å². The second kappa shape index (κ2) is 5.36. The number of thiophene rings is 1. The van der Waals surface area contributed by atoms with Gasteiger partial charge in [0.25, 0.3) is 5.91 Å². The summed E-state index contributed by atoms with van der Waals surface area (Å²) >= 11 is 7.28. The SMILES string of the molecule is CCN(Cc1ccc(Cl)s1)C(=O)c1nonc1N. The molecule has 6 nitrogen and oxygen atoms in total. The van der Waals surface area contributed by atoms with Gasteiger partial charge >= 0.3 is 0 Å². The lowest BCUT2D eigenvalue weighted by Crippen LogP contribution is -2.30. The fraction of sp³-hybridized carbons (Fsp3) is 0.300. The standard InChI is InChI=1S/C10H11ClN4O2S/c1-2-15(5-6-3-4-7(11)18-6)10(16)8-9(12)14-17-13-8/h3-4H,2,5H2,1H3,(H2,12,14). The maximum Gasteiger partial charge on any atom is 0.280 e. The molecule has 96 valence electrons. The van der Waals surface area contributed by atoms with Gasteiger partial charge in [-0.2, -0.15) is 0 Å². The van der Waals surface area contributed by atoms with Gasteiger partial charge in [0, 0.05) is 11.4 Å². The molecule has 0 aliphatic carbocycles. The summed E-state index contributed by atoms with van der Waals surface area (Å²) in [6.07, 6.45) is 0. The smallest absolute Gasteiger partial charge is 0.280 e. The third kappa shape index (κ3) is 2.62. The molecule has 2 N–H and O–H groups in total. The average molecular weight is 287 g/mol. The van der Waals surface area contributed by atoms with Crippen molar-refractivity contribution in [3.05, 3.63) is 27.0 Å². The van der Waals surface area contributed by atoms with Crippen LogP contribution in [0.3, 0.4) is 0 Å². The minimum absolute atomic E-state index is 0.00246. The van der Waals surface area contributed by atoms with E-state index < -0.39 is 0 Å². The maximum atomic E-state index is 12.1. The van der Waals surface area contributed by atoms with Gasteiger partial charge in [-0.15, -0.1) is 11.3 Å². The Morgan fingerprint density at radius 3 is 2.83 bits per heavy atom. The lowest BCUT2D eigenvalue weighted by atomic mass is 10.3. The monoisotopic (exact) mass is 286 g/mol. The Balaban J connectivity index is 2.14. The molecule has 0 unspecified atom stereocenters. The van der Waals surface area contributed by atoms with Gasteiger partial charge in [-0.3, -0.25) is 4.79 Å². The van der Waals surface area contributed by atoms with E-state index in [1.165, 1.54) is 11.3 Å². The van der Waals surface area contributed by atoms with Crippen molar-refractivity contribution in [1.82, 2.24) is 15.2 Å². The second-order valence-electron chi connectivity index (χ2n) is 3.52. The summed E-state index contributed by atoms with van der Waals surface area (Å²) in [5, 5.41) is 6.90. The minimum atomic E-state index is -0.305. The summed E-state index contributed by atoms with van der Waals surface area (Å²) in [5.74, 6) is -0.302. The van der Waals surface area contributed by atoms with Crippen molar-refractivity contribution in [3.63, 3.8) is 0 Å². The molecule has 0 saturated heterocycles. The molecule has 18 heavy (non-hydrogen) atoms. The van der Waals surface area contributed by atoms with E-state index in [1.54, 1.807) is 11.0 Å². The zero-order valence-electron chi connectivity index (χ0n) is 9.59. The Kier molecular flexibility index (Phi) is 3.83. The summed E-state index contributed by atoms with van der Waals surface area (Å²) in [6, 6.07) is 3.68. The van der Waals surface area contributed by atoms with Gasteiger partial charge in [-0.25, -0.2) is 4.63 Å². The summed E-state index contributed by atoms with van der Waals surface area (Å²) < 4.78 is 5.12. The molecule has 0 fully saturated rings. The molecular weight excluding hydrogens is 276 g/mol. The zero-order valence-corrected chi connectivity index (χ0v) is 11.2. The fourth-order valence-electron chi connectivity index (χ4n) is 1.45. The number of amides is 1. The highest BCUT2D eigenvalue weighted by molar-refractivity contribution is 7.16. The van der Waals surface area contributed by atoms with E-state index in [2.05, 4.69) is 14.9 Å². The Hall–Kier alpha value is -1.60. The van der Waals surface area contributed by atoms with Crippen molar-refractivity contribution in [2.24, 2.45) is 0 Å². The van der Waals surface area contributed by atoms with Crippen molar-refractivity contribution < 1.29 is 9.42 Å². The molecule has 0 aromatic carbocycles. The molecule has 2 rings (SSSR count). The number of halogens is 1. The normalized spacial score (nSPS) is 10.6.